The number of aliphatic carboxylic acids is 1. The van der Waals surface area contributed by atoms with Gasteiger partial charge in [0, 0.05) is 17.3 Å². The van der Waals surface area contributed by atoms with Crippen LogP contribution in [0.15, 0.2) is 42.5 Å². The second-order valence-electron chi connectivity index (χ2n) is 4.75. The van der Waals surface area contributed by atoms with E-state index in [0.29, 0.717) is 6.54 Å². The summed E-state index contributed by atoms with van der Waals surface area (Å²) in [6, 6.07) is 10.1. The molecule has 0 radical (unpaired) electrons. The number of carbonyl (C=O) groups is 1. The van der Waals surface area contributed by atoms with Gasteiger partial charge in [-0.25, -0.2) is 4.79 Å². The smallest absolute Gasteiger partial charge is 0.328 e. The first kappa shape index (κ1) is 14.8. The van der Waals surface area contributed by atoms with Crippen molar-refractivity contribution < 1.29 is 9.90 Å². The minimum atomic E-state index is -0.953. The second kappa shape index (κ2) is 6.70. The van der Waals surface area contributed by atoms with Crippen molar-refractivity contribution in [1.29, 1.82) is 0 Å². The lowest BCUT2D eigenvalue weighted by Gasteiger charge is -2.00. The maximum Gasteiger partial charge on any atom is 0.328 e. The van der Waals surface area contributed by atoms with Crippen LogP contribution in [0.25, 0.3) is 12.2 Å². The SMILES string of the molecule is Cc1nn(CC=Cc2ccccc2)c(C)c1/C=C/C(=O)O. The van der Waals surface area contributed by atoms with Crippen LogP contribution in [0.3, 0.4) is 0 Å². The number of aromatic nitrogens is 2. The topological polar surface area (TPSA) is 55.1 Å². The van der Waals surface area contributed by atoms with Gasteiger partial charge in [-0.2, -0.15) is 5.10 Å². The Morgan fingerprint density at radius 2 is 1.95 bits per heavy atom. The number of allylic oxidation sites excluding steroid dienone is 1. The van der Waals surface area contributed by atoms with E-state index >= 15 is 0 Å². The van der Waals surface area contributed by atoms with Crippen LogP contribution in [-0.4, -0.2) is 20.9 Å². The van der Waals surface area contributed by atoms with Crippen molar-refractivity contribution in [3.8, 4) is 0 Å². The lowest BCUT2D eigenvalue weighted by Crippen LogP contribution is -2.00. The third kappa shape index (κ3) is 3.92. The van der Waals surface area contributed by atoms with Crippen LogP contribution >= 0.6 is 0 Å². The molecular weight excluding hydrogens is 264 g/mol. The average Bonchev–Trinajstić information content (AvgIpc) is 2.72. The number of benzene rings is 1. The van der Waals surface area contributed by atoms with E-state index in [0.717, 1.165) is 28.6 Å². The van der Waals surface area contributed by atoms with E-state index in [-0.39, 0.29) is 0 Å². The second-order valence-corrected chi connectivity index (χ2v) is 4.75. The molecule has 4 nitrogen and oxygen atoms in total. The van der Waals surface area contributed by atoms with Gasteiger partial charge in [0.25, 0.3) is 0 Å². The first-order valence-electron chi connectivity index (χ1n) is 6.74. The van der Waals surface area contributed by atoms with Gasteiger partial charge in [0.15, 0.2) is 0 Å². The number of carboxylic acid groups (broad SMARTS) is 1. The van der Waals surface area contributed by atoms with E-state index in [9.17, 15) is 4.79 Å². The van der Waals surface area contributed by atoms with Crippen LogP contribution in [0.4, 0.5) is 0 Å². The Morgan fingerprint density at radius 1 is 1.24 bits per heavy atom. The number of rotatable bonds is 5. The van der Waals surface area contributed by atoms with Crippen LogP contribution in [0.2, 0.25) is 0 Å². The molecule has 108 valence electrons. The Hall–Kier alpha value is -2.62. The number of aryl methyl sites for hydroxylation is 1. The molecule has 1 N–H and O–H groups in total. The van der Waals surface area contributed by atoms with Crippen LogP contribution in [-0.2, 0) is 11.3 Å². The largest absolute Gasteiger partial charge is 0.478 e. The first-order valence-corrected chi connectivity index (χ1v) is 6.74. The van der Waals surface area contributed by atoms with Crippen LogP contribution in [0.1, 0.15) is 22.5 Å². The first-order chi connectivity index (χ1) is 10.1. The molecule has 0 fully saturated rings. The van der Waals surface area contributed by atoms with Crippen molar-refractivity contribution in [3.05, 3.63) is 65.0 Å². The monoisotopic (exact) mass is 282 g/mol. The molecule has 4 heteroatoms. The van der Waals surface area contributed by atoms with E-state index in [1.54, 1.807) is 6.08 Å². The quantitative estimate of drug-likeness (QED) is 0.856. The zero-order valence-corrected chi connectivity index (χ0v) is 12.2. The molecular formula is C17H18N2O2. The normalized spacial score (nSPS) is 11.5. The lowest BCUT2D eigenvalue weighted by molar-refractivity contribution is -0.131. The third-order valence-electron chi connectivity index (χ3n) is 3.22. The molecule has 1 aromatic carbocycles. The van der Waals surface area contributed by atoms with Crippen molar-refractivity contribution in [1.82, 2.24) is 9.78 Å². The van der Waals surface area contributed by atoms with Gasteiger partial charge in [0.2, 0.25) is 0 Å². The molecule has 0 saturated heterocycles. The minimum Gasteiger partial charge on any atom is -0.478 e. The van der Waals surface area contributed by atoms with Crippen molar-refractivity contribution in [2.45, 2.75) is 20.4 Å². The highest BCUT2D eigenvalue weighted by atomic mass is 16.4. The molecule has 2 rings (SSSR count). The highest BCUT2D eigenvalue weighted by molar-refractivity contribution is 5.85. The fourth-order valence-electron chi connectivity index (χ4n) is 2.14. The number of nitrogens with zero attached hydrogens (tertiary/aromatic N) is 2. The molecule has 0 aliphatic rings. The summed E-state index contributed by atoms with van der Waals surface area (Å²) in [6.07, 6.45) is 6.82. The van der Waals surface area contributed by atoms with Gasteiger partial charge in [-0.15, -0.1) is 0 Å². The highest BCUT2D eigenvalue weighted by Crippen LogP contribution is 2.15. The van der Waals surface area contributed by atoms with Gasteiger partial charge in [-0.1, -0.05) is 42.5 Å². The molecule has 0 amide bonds. The summed E-state index contributed by atoms with van der Waals surface area (Å²) in [4.78, 5) is 10.6. The van der Waals surface area contributed by atoms with Crippen molar-refractivity contribution in [3.63, 3.8) is 0 Å². The Balaban J connectivity index is 2.13. The highest BCUT2D eigenvalue weighted by Gasteiger charge is 2.08. The Bertz CT molecular complexity index is 682. The molecule has 0 saturated carbocycles. The van der Waals surface area contributed by atoms with Gasteiger partial charge in [-0.05, 0) is 25.5 Å². The Labute approximate surface area is 124 Å². The van der Waals surface area contributed by atoms with Gasteiger partial charge >= 0.3 is 5.97 Å². The maximum atomic E-state index is 10.6. The van der Waals surface area contributed by atoms with Crippen LogP contribution in [0.5, 0.6) is 0 Å². The Kier molecular flexibility index (Phi) is 4.72. The van der Waals surface area contributed by atoms with E-state index in [4.69, 9.17) is 5.11 Å². The summed E-state index contributed by atoms with van der Waals surface area (Å²) in [5.41, 5.74) is 3.80. The van der Waals surface area contributed by atoms with Gasteiger partial charge < -0.3 is 5.11 Å². The van der Waals surface area contributed by atoms with Crippen LogP contribution < -0.4 is 0 Å². The molecule has 1 aromatic heterocycles. The van der Waals surface area contributed by atoms with Gasteiger partial charge in [0.1, 0.15) is 0 Å². The summed E-state index contributed by atoms with van der Waals surface area (Å²) in [5, 5.41) is 13.1. The maximum absolute atomic E-state index is 10.6. The van der Waals surface area contributed by atoms with E-state index in [1.807, 2.05) is 61.0 Å². The van der Waals surface area contributed by atoms with Crippen molar-refractivity contribution in [2.75, 3.05) is 0 Å². The molecule has 0 aliphatic heterocycles. The summed E-state index contributed by atoms with van der Waals surface area (Å²) in [6.45, 7) is 4.48. The molecule has 1 heterocycles. The van der Waals surface area contributed by atoms with Gasteiger partial charge in [-0.3, -0.25) is 4.68 Å². The lowest BCUT2D eigenvalue weighted by atomic mass is 10.2. The average molecular weight is 282 g/mol. The summed E-state index contributed by atoms with van der Waals surface area (Å²) in [5.74, 6) is -0.953. The zero-order valence-electron chi connectivity index (χ0n) is 12.2. The van der Waals surface area contributed by atoms with Crippen molar-refractivity contribution in [2.24, 2.45) is 0 Å². The molecule has 2 aromatic rings. The number of carboxylic acids is 1. The molecule has 0 bridgehead atoms. The third-order valence-corrected chi connectivity index (χ3v) is 3.22. The summed E-state index contributed by atoms with van der Waals surface area (Å²) >= 11 is 0. The fourth-order valence-corrected chi connectivity index (χ4v) is 2.14. The molecule has 0 spiro atoms. The predicted molar refractivity (Wildman–Crippen MR) is 83.8 cm³/mol. The van der Waals surface area contributed by atoms with Crippen LogP contribution in [0, 0.1) is 13.8 Å². The number of hydrogen-bond acceptors (Lipinski definition) is 2. The standard InChI is InChI=1S/C17H18N2O2/c1-13-16(10-11-17(20)21)14(2)19(18-13)12-6-9-15-7-4-3-5-8-15/h3-11H,12H2,1-2H3,(H,20,21)/b9-6?,11-10+. The zero-order chi connectivity index (χ0) is 15.2. The van der Waals surface area contributed by atoms with Crippen molar-refractivity contribution >= 4 is 18.1 Å². The molecule has 21 heavy (non-hydrogen) atoms. The summed E-state index contributed by atoms with van der Waals surface area (Å²) < 4.78 is 1.87. The van der Waals surface area contributed by atoms with E-state index in [1.165, 1.54) is 0 Å². The summed E-state index contributed by atoms with van der Waals surface area (Å²) in [7, 11) is 0. The van der Waals surface area contributed by atoms with E-state index < -0.39 is 5.97 Å². The Morgan fingerprint density at radius 3 is 2.62 bits per heavy atom. The fraction of sp³-hybridized carbons (Fsp3) is 0.176. The predicted octanol–water partition coefficient (Wildman–Crippen LogP) is 3.31. The molecule has 0 aliphatic carbocycles. The van der Waals surface area contributed by atoms with Gasteiger partial charge in [0.05, 0.1) is 12.2 Å². The minimum absolute atomic E-state index is 0.655. The van der Waals surface area contributed by atoms with E-state index in [2.05, 4.69) is 5.10 Å². The number of hydrogen-bond donors (Lipinski definition) is 1. The molecule has 0 unspecified atom stereocenters. The molecule has 0 atom stereocenters.